The van der Waals surface area contributed by atoms with Crippen LogP contribution < -0.4 is 0 Å². The van der Waals surface area contributed by atoms with Gasteiger partial charge < -0.3 is 9.30 Å². The Hall–Kier alpha value is -1.85. The number of thioether (sulfide) groups is 1. The minimum atomic E-state index is -0.633. The smallest absolute Gasteiger partial charge is 0.311 e. The molecule has 0 aliphatic carbocycles. The van der Waals surface area contributed by atoms with Crippen LogP contribution in [0.3, 0.4) is 0 Å². The summed E-state index contributed by atoms with van der Waals surface area (Å²) in [5.74, 6) is -0.159. The fourth-order valence-electron chi connectivity index (χ4n) is 3.83. The number of hydrogen-bond acceptors (Lipinski definition) is 4. The highest BCUT2D eigenvalue weighted by atomic mass is 32.2. The molecule has 172 valence electrons. The summed E-state index contributed by atoms with van der Waals surface area (Å²) in [7, 11) is 0. The summed E-state index contributed by atoms with van der Waals surface area (Å²) in [5, 5.41) is 1.19. The molecule has 0 saturated heterocycles. The van der Waals surface area contributed by atoms with Gasteiger partial charge in [0.2, 0.25) is 0 Å². The highest BCUT2D eigenvalue weighted by molar-refractivity contribution is 8.00. The number of ether oxygens (including phenoxy) is 1. The number of thiol groups is 1. The van der Waals surface area contributed by atoms with Gasteiger partial charge in [-0.15, -0.1) is 24.4 Å². The largest absolute Gasteiger partial charge is 0.466 e. The molecule has 3 aromatic rings. The third-order valence-corrected chi connectivity index (χ3v) is 6.96. The fourth-order valence-corrected chi connectivity index (χ4v) is 5.22. The summed E-state index contributed by atoms with van der Waals surface area (Å²) in [4.78, 5) is 15.0. The van der Waals surface area contributed by atoms with Crippen LogP contribution in [0.15, 0.2) is 52.3 Å². The second-order valence-electron chi connectivity index (χ2n) is 10.0. The maximum Gasteiger partial charge on any atom is 0.311 e. The van der Waals surface area contributed by atoms with Crippen molar-refractivity contribution in [2.75, 3.05) is 6.61 Å². The van der Waals surface area contributed by atoms with Crippen molar-refractivity contribution in [2.45, 2.75) is 76.0 Å². The van der Waals surface area contributed by atoms with E-state index in [1.165, 1.54) is 32.6 Å². The van der Waals surface area contributed by atoms with E-state index in [4.69, 9.17) is 4.74 Å². The Morgan fingerprint density at radius 3 is 2.31 bits per heavy atom. The average molecular weight is 470 g/mol. The van der Waals surface area contributed by atoms with Gasteiger partial charge in [-0.1, -0.05) is 50.6 Å². The van der Waals surface area contributed by atoms with Crippen molar-refractivity contribution in [3.63, 3.8) is 0 Å². The van der Waals surface area contributed by atoms with Crippen LogP contribution in [0.5, 0.6) is 0 Å². The molecule has 0 fully saturated rings. The molecule has 2 aromatic carbocycles. The van der Waals surface area contributed by atoms with Crippen LogP contribution >= 0.6 is 24.4 Å². The number of aryl methyl sites for hydroxylation is 1. The summed E-state index contributed by atoms with van der Waals surface area (Å²) in [5.41, 5.74) is 4.21. The van der Waals surface area contributed by atoms with Crippen LogP contribution in [0.1, 0.15) is 58.4 Å². The van der Waals surface area contributed by atoms with Crippen molar-refractivity contribution in [1.29, 1.82) is 0 Å². The predicted molar refractivity (Wildman–Crippen MR) is 139 cm³/mol. The Labute approximate surface area is 202 Å². The molecule has 3 nitrogen and oxygen atoms in total. The van der Waals surface area contributed by atoms with Gasteiger partial charge in [-0.3, -0.25) is 4.79 Å². The van der Waals surface area contributed by atoms with Crippen LogP contribution in [-0.4, -0.2) is 21.9 Å². The maximum atomic E-state index is 12.8. The average Bonchev–Trinajstić information content (AvgIpc) is 2.94. The quantitative estimate of drug-likeness (QED) is 0.224. The van der Waals surface area contributed by atoms with Crippen molar-refractivity contribution in [2.24, 2.45) is 5.41 Å². The third-order valence-electron chi connectivity index (χ3n) is 5.41. The molecule has 3 rings (SSSR count). The number of rotatable bonds is 7. The first kappa shape index (κ1) is 24.8. The van der Waals surface area contributed by atoms with E-state index in [1.54, 1.807) is 0 Å². The van der Waals surface area contributed by atoms with Crippen molar-refractivity contribution < 1.29 is 9.53 Å². The van der Waals surface area contributed by atoms with Crippen molar-refractivity contribution in [3.05, 3.63) is 59.3 Å². The standard InChI is InChI=1S/C27H35NO2S2/c1-8-30-25(29)27(6,7)16-23-24(32-26(3,4)5)21-15-20(31)13-14-22(21)28(23)17-19-11-9-18(2)10-12-19/h9-15,31H,8,16-17H2,1-7H3. The molecule has 0 spiro atoms. The number of carbonyl (C=O) groups is 1. The Bertz CT molecular complexity index is 1110. The molecule has 0 bridgehead atoms. The molecule has 5 heteroatoms. The summed E-state index contributed by atoms with van der Waals surface area (Å²) in [6.45, 7) is 15.8. The van der Waals surface area contributed by atoms with E-state index < -0.39 is 5.41 Å². The molecule has 0 N–H and O–H groups in total. The van der Waals surface area contributed by atoms with E-state index in [-0.39, 0.29) is 10.7 Å². The van der Waals surface area contributed by atoms with Gasteiger partial charge in [0.1, 0.15) is 0 Å². The lowest BCUT2D eigenvalue weighted by Gasteiger charge is -2.26. The van der Waals surface area contributed by atoms with Gasteiger partial charge in [0.25, 0.3) is 0 Å². The van der Waals surface area contributed by atoms with E-state index in [2.05, 4.69) is 81.3 Å². The number of fused-ring (bicyclic) bond motifs is 1. The van der Waals surface area contributed by atoms with Gasteiger partial charge in [0, 0.05) is 44.1 Å². The molecule has 0 aliphatic rings. The molecule has 1 heterocycles. The highest BCUT2D eigenvalue weighted by Crippen LogP contribution is 2.44. The van der Waals surface area contributed by atoms with Crippen molar-refractivity contribution in [1.82, 2.24) is 4.57 Å². The Kier molecular flexibility index (Phi) is 7.41. The number of benzene rings is 2. The van der Waals surface area contributed by atoms with Gasteiger partial charge in [-0.05, 0) is 51.5 Å². The molecular weight excluding hydrogens is 434 g/mol. The van der Waals surface area contributed by atoms with Crippen LogP contribution in [0.2, 0.25) is 0 Å². The SMILES string of the molecule is CCOC(=O)C(C)(C)Cc1c(SC(C)(C)C)c2cc(S)ccc2n1Cc1ccc(C)cc1. The fraction of sp³-hybridized carbons (Fsp3) is 0.444. The molecular formula is C27H35NO2S2. The first-order chi connectivity index (χ1) is 14.9. The summed E-state index contributed by atoms with van der Waals surface area (Å²) in [6.07, 6.45) is 0.604. The number of hydrogen-bond donors (Lipinski definition) is 1. The normalized spacial score (nSPS) is 12.4. The second-order valence-corrected chi connectivity index (χ2v) is 12.4. The zero-order valence-electron chi connectivity index (χ0n) is 20.3. The zero-order valence-corrected chi connectivity index (χ0v) is 22.0. The minimum Gasteiger partial charge on any atom is -0.466 e. The predicted octanol–water partition coefficient (Wildman–Crippen LogP) is 7.31. The number of carbonyl (C=O) groups excluding carboxylic acids is 1. The van der Waals surface area contributed by atoms with E-state index in [9.17, 15) is 4.79 Å². The van der Waals surface area contributed by atoms with E-state index in [1.807, 2.05) is 38.6 Å². The van der Waals surface area contributed by atoms with Gasteiger partial charge in [0.15, 0.2) is 0 Å². The number of nitrogens with zero attached hydrogens (tertiary/aromatic N) is 1. The summed E-state index contributed by atoms with van der Waals surface area (Å²) >= 11 is 6.49. The van der Waals surface area contributed by atoms with Gasteiger partial charge >= 0.3 is 5.97 Å². The lowest BCUT2D eigenvalue weighted by Crippen LogP contribution is -2.30. The van der Waals surface area contributed by atoms with Crippen molar-refractivity contribution >= 4 is 41.3 Å². The molecule has 32 heavy (non-hydrogen) atoms. The van der Waals surface area contributed by atoms with Gasteiger partial charge in [-0.25, -0.2) is 0 Å². The first-order valence-electron chi connectivity index (χ1n) is 11.2. The molecule has 0 amide bonds. The summed E-state index contributed by atoms with van der Waals surface area (Å²) in [6, 6.07) is 15.0. The highest BCUT2D eigenvalue weighted by Gasteiger charge is 2.34. The molecule has 0 radical (unpaired) electrons. The first-order valence-corrected chi connectivity index (χ1v) is 12.4. The second kappa shape index (κ2) is 9.56. The monoisotopic (exact) mass is 469 g/mol. The van der Waals surface area contributed by atoms with Crippen LogP contribution in [0.25, 0.3) is 10.9 Å². The van der Waals surface area contributed by atoms with E-state index >= 15 is 0 Å². The molecule has 0 atom stereocenters. The Balaban J connectivity index is 2.22. The Morgan fingerprint density at radius 2 is 1.72 bits per heavy atom. The summed E-state index contributed by atoms with van der Waals surface area (Å²) < 4.78 is 7.82. The molecule has 0 aliphatic heterocycles. The maximum absolute atomic E-state index is 12.8. The van der Waals surface area contributed by atoms with Crippen LogP contribution in [0.4, 0.5) is 0 Å². The molecule has 0 saturated carbocycles. The van der Waals surface area contributed by atoms with Gasteiger partial charge in [0.05, 0.1) is 12.0 Å². The lowest BCUT2D eigenvalue weighted by molar-refractivity contribution is -0.153. The molecule has 1 aromatic heterocycles. The lowest BCUT2D eigenvalue weighted by atomic mass is 9.87. The molecule has 0 unspecified atom stereocenters. The number of esters is 1. The Morgan fingerprint density at radius 1 is 1.06 bits per heavy atom. The minimum absolute atomic E-state index is 0.0262. The topological polar surface area (TPSA) is 31.2 Å². The third kappa shape index (κ3) is 5.74. The van der Waals surface area contributed by atoms with Crippen molar-refractivity contribution in [3.8, 4) is 0 Å². The van der Waals surface area contributed by atoms with Crippen LogP contribution in [-0.2, 0) is 22.5 Å². The number of aromatic nitrogens is 1. The zero-order chi connectivity index (χ0) is 23.7. The van der Waals surface area contributed by atoms with E-state index in [0.29, 0.717) is 13.0 Å². The van der Waals surface area contributed by atoms with Crippen LogP contribution in [0, 0.1) is 12.3 Å². The van der Waals surface area contributed by atoms with Gasteiger partial charge in [-0.2, -0.15) is 0 Å². The van der Waals surface area contributed by atoms with E-state index in [0.717, 1.165) is 11.4 Å².